The lowest BCUT2D eigenvalue weighted by Gasteiger charge is -2.30. The molecule has 1 aliphatic heterocycles. The van der Waals surface area contributed by atoms with E-state index in [2.05, 4.69) is 16.0 Å². The van der Waals surface area contributed by atoms with Crippen molar-refractivity contribution in [3.05, 3.63) is 59.7 Å². The highest BCUT2D eigenvalue weighted by molar-refractivity contribution is 5.94. The van der Waals surface area contributed by atoms with Crippen molar-refractivity contribution in [2.75, 3.05) is 18.5 Å². The van der Waals surface area contributed by atoms with Crippen LogP contribution in [0, 0.1) is 5.92 Å². The van der Waals surface area contributed by atoms with Crippen molar-refractivity contribution in [2.24, 2.45) is 5.92 Å². The number of nitrogens with one attached hydrogen (secondary N) is 3. The van der Waals surface area contributed by atoms with Crippen molar-refractivity contribution in [1.82, 2.24) is 10.6 Å². The SMILES string of the molecule is O=C1CCCC(C(=O)N[C@@]2(C(=O)NCc3ccc(Nc4ccccc4C(F)(F)F)cc3)CCOC2)C1. The Balaban J connectivity index is 1.36. The molecule has 0 bridgehead atoms. The van der Waals surface area contributed by atoms with Crippen molar-refractivity contribution >= 4 is 29.0 Å². The van der Waals surface area contributed by atoms with Gasteiger partial charge in [-0.05, 0) is 42.7 Å². The summed E-state index contributed by atoms with van der Waals surface area (Å²) in [4.78, 5) is 37.6. The quantitative estimate of drug-likeness (QED) is 0.529. The Morgan fingerprint density at radius 2 is 1.83 bits per heavy atom. The molecule has 1 saturated carbocycles. The number of hydrogen-bond donors (Lipinski definition) is 3. The van der Waals surface area contributed by atoms with Crippen LogP contribution >= 0.6 is 0 Å². The maximum absolute atomic E-state index is 13.2. The van der Waals surface area contributed by atoms with Crippen LogP contribution < -0.4 is 16.0 Å². The zero-order chi connectivity index (χ0) is 25.8. The third-order valence-corrected chi connectivity index (χ3v) is 6.59. The summed E-state index contributed by atoms with van der Waals surface area (Å²) in [6.45, 7) is 0.543. The van der Waals surface area contributed by atoms with Crippen LogP contribution in [0.4, 0.5) is 24.5 Å². The van der Waals surface area contributed by atoms with Crippen LogP contribution in [0.2, 0.25) is 0 Å². The molecule has 2 aromatic rings. The average molecular weight is 504 g/mol. The Labute approximate surface area is 206 Å². The summed E-state index contributed by atoms with van der Waals surface area (Å²) >= 11 is 0. The molecule has 2 atom stereocenters. The summed E-state index contributed by atoms with van der Waals surface area (Å²) < 4.78 is 45.1. The molecule has 1 aliphatic carbocycles. The van der Waals surface area contributed by atoms with Gasteiger partial charge in [-0.3, -0.25) is 14.4 Å². The van der Waals surface area contributed by atoms with Crippen molar-refractivity contribution in [1.29, 1.82) is 0 Å². The predicted octanol–water partition coefficient (Wildman–Crippen LogP) is 4.10. The fourth-order valence-electron chi connectivity index (χ4n) is 4.54. The molecule has 2 fully saturated rings. The number of Topliss-reactive ketones (excluding diaryl/α,β-unsaturated/α-hetero) is 1. The third kappa shape index (κ3) is 6.04. The molecule has 0 radical (unpaired) electrons. The van der Waals surface area contributed by atoms with Gasteiger partial charge in [-0.15, -0.1) is 0 Å². The molecular weight excluding hydrogens is 475 g/mol. The summed E-state index contributed by atoms with van der Waals surface area (Å²) in [6, 6.07) is 11.9. The summed E-state index contributed by atoms with van der Waals surface area (Å²) in [6.07, 6.45) is -2.19. The Kier molecular flexibility index (Phi) is 7.63. The minimum absolute atomic E-state index is 0.0483. The second-order valence-corrected chi connectivity index (χ2v) is 9.25. The zero-order valence-corrected chi connectivity index (χ0v) is 19.6. The predicted molar refractivity (Wildman–Crippen MR) is 126 cm³/mol. The zero-order valence-electron chi connectivity index (χ0n) is 19.6. The van der Waals surface area contributed by atoms with Crippen molar-refractivity contribution in [3.63, 3.8) is 0 Å². The van der Waals surface area contributed by atoms with Gasteiger partial charge in [0.2, 0.25) is 11.8 Å². The van der Waals surface area contributed by atoms with Gasteiger partial charge in [0.25, 0.3) is 0 Å². The van der Waals surface area contributed by atoms with E-state index in [1.807, 2.05) is 0 Å². The van der Waals surface area contributed by atoms with Crippen LogP contribution in [0.25, 0.3) is 0 Å². The number of anilines is 2. The number of benzene rings is 2. The average Bonchev–Trinajstić information content (AvgIpc) is 3.33. The molecule has 3 N–H and O–H groups in total. The molecular formula is C26H28F3N3O4. The first-order valence-corrected chi connectivity index (χ1v) is 11.9. The van der Waals surface area contributed by atoms with E-state index in [0.29, 0.717) is 38.0 Å². The molecule has 0 spiro atoms. The van der Waals surface area contributed by atoms with Gasteiger partial charge in [0.05, 0.1) is 17.9 Å². The molecule has 1 heterocycles. The van der Waals surface area contributed by atoms with E-state index in [1.165, 1.54) is 18.2 Å². The summed E-state index contributed by atoms with van der Waals surface area (Å²) in [7, 11) is 0. The van der Waals surface area contributed by atoms with Crippen LogP contribution in [-0.4, -0.2) is 36.4 Å². The first-order chi connectivity index (χ1) is 17.2. The number of ether oxygens (including phenoxy) is 1. The minimum Gasteiger partial charge on any atom is -0.378 e. The van der Waals surface area contributed by atoms with E-state index in [9.17, 15) is 27.6 Å². The minimum atomic E-state index is -4.48. The molecule has 36 heavy (non-hydrogen) atoms. The van der Waals surface area contributed by atoms with Gasteiger partial charge in [0.1, 0.15) is 11.3 Å². The molecule has 2 aromatic carbocycles. The van der Waals surface area contributed by atoms with E-state index in [-0.39, 0.29) is 42.9 Å². The lowest BCUT2D eigenvalue weighted by molar-refractivity contribution is -0.137. The molecule has 4 rings (SSSR count). The Hall–Kier alpha value is -3.40. The van der Waals surface area contributed by atoms with Gasteiger partial charge in [-0.25, -0.2) is 0 Å². The van der Waals surface area contributed by atoms with Gasteiger partial charge in [0, 0.05) is 44.0 Å². The first-order valence-electron chi connectivity index (χ1n) is 11.9. The van der Waals surface area contributed by atoms with Crippen LogP contribution in [0.15, 0.2) is 48.5 Å². The molecule has 0 aromatic heterocycles. The summed E-state index contributed by atoms with van der Waals surface area (Å²) in [5.74, 6) is -1.06. The largest absolute Gasteiger partial charge is 0.418 e. The molecule has 2 amide bonds. The van der Waals surface area contributed by atoms with E-state index in [4.69, 9.17) is 4.74 Å². The number of amides is 2. The highest BCUT2D eigenvalue weighted by atomic mass is 19.4. The molecule has 2 aliphatic rings. The fraction of sp³-hybridized carbons (Fsp3) is 0.423. The maximum Gasteiger partial charge on any atom is 0.418 e. The maximum atomic E-state index is 13.2. The first kappa shape index (κ1) is 25.7. The van der Waals surface area contributed by atoms with E-state index < -0.39 is 23.2 Å². The lowest BCUT2D eigenvalue weighted by Crippen LogP contribution is -2.60. The molecule has 192 valence electrons. The molecule has 10 heteroatoms. The Bertz CT molecular complexity index is 1110. The highest BCUT2D eigenvalue weighted by Crippen LogP contribution is 2.35. The summed E-state index contributed by atoms with van der Waals surface area (Å²) in [5.41, 5.74) is -0.803. The molecule has 7 nitrogen and oxygen atoms in total. The van der Waals surface area contributed by atoms with Crippen LogP contribution in [-0.2, 0) is 31.8 Å². The fourth-order valence-corrected chi connectivity index (χ4v) is 4.54. The van der Waals surface area contributed by atoms with Crippen molar-refractivity contribution in [2.45, 2.75) is 50.4 Å². The number of rotatable bonds is 7. The van der Waals surface area contributed by atoms with Crippen LogP contribution in [0.5, 0.6) is 0 Å². The topological polar surface area (TPSA) is 96.5 Å². The van der Waals surface area contributed by atoms with Crippen LogP contribution in [0.1, 0.15) is 43.2 Å². The number of carbonyl (C=O) groups excluding carboxylic acids is 3. The van der Waals surface area contributed by atoms with Crippen molar-refractivity contribution in [3.8, 4) is 0 Å². The van der Waals surface area contributed by atoms with Gasteiger partial charge in [-0.2, -0.15) is 13.2 Å². The van der Waals surface area contributed by atoms with E-state index in [1.54, 1.807) is 24.3 Å². The lowest BCUT2D eigenvalue weighted by atomic mass is 9.86. The van der Waals surface area contributed by atoms with Gasteiger partial charge < -0.3 is 20.7 Å². The Morgan fingerprint density at radius 1 is 1.08 bits per heavy atom. The van der Waals surface area contributed by atoms with Crippen LogP contribution in [0.3, 0.4) is 0 Å². The molecule has 1 unspecified atom stereocenters. The second kappa shape index (κ2) is 10.7. The Morgan fingerprint density at radius 3 is 2.50 bits per heavy atom. The number of carbonyl (C=O) groups is 3. The summed E-state index contributed by atoms with van der Waals surface area (Å²) in [5, 5.41) is 8.45. The van der Waals surface area contributed by atoms with Gasteiger partial charge in [0.15, 0.2) is 0 Å². The second-order valence-electron chi connectivity index (χ2n) is 9.25. The number of para-hydroxylation sites is 1. The van der Waals surface area contributed by atoms with Gasteiger partial charge >= 0.3 is 6.18 Å². The number of hydrogen-bond acceptors (Lipinski definition) is 5. The van der Waals surface area contributed by atoms with E-state index >= 15 is 0 Å². The van der Waals surface area contributed by atoms with E-state index in [0.717, 1.165) is 11.6 Å². The highest BCUT2D eigenvalue weighted by Gasteiger charge is 2.45. The monoisotopic (exact) mass is 503 g/mol. The van der Waals surface area contributed by atoms with Gasteiger partial charge in [-0.1, -0.05) is 24.3 Å². The smallest absolute Gasteiger partial charge is 0.378 e. The number of ketones is 1. The third-order valence-electron chi connectivity index (χ3n) is 6.59. The number of halogens is 3. The molecule has 1 saturated heterocycles. The van der Waals surface area contributed by atoms with Crippen molar-refractivity contribution < 1.29 is 32.3 Å². The normalized spacial score (nSPS) is 22.2. The standard InChI is InChI=1S/C26H28F3N3O4/c27-26(28,29)21-6-1-2-7-22(21)31-19-10-8-17(9-11-19)15-30-24(35)25(12-13-36-16-25)32-23(34)18-4-3-5-20(33)14-18/h1-2,6-11,18,31H,3-5,12-16H2,(H,30,35)(H,32,34)/t18?,25-/m0/s1. The number of alkyl halides is 3.